The lowest BCUT2D eigenvalue weighted by Gasteiger charge is -2.11. The van der Waals surface area contributed by atoms with Crippen LogP contribution >= 0.6 is 11.3 Å². The second kappa shape index (κ2) is 3.70. The number of thiazole rings is 1. The molecule has 1 aliphatic carbocycles. The lowest BCUT2D eigenvalue weighted by atomic mass is 9.93. The number of ketones is 1. The van der Waals surface area contributed by atoms with Crippen LogP contribution in [0.1, 0.15) is 25.5 Å². The molecular formula is C12H14N2OS. The predicted molar refractivity (Wildman–Crippen MR) is 63.7 cm³/mol. The van der Waals surface area contributed by atoms with Crippen LogP contribution in [0.2, 0.25) is 0 Å². The van der Waals surface area contributed by atoms with E-state index in [1.54, 1.807) is 11.3 Å². The molecular weight excluding hydrogens is 220 g/mol. The fraction of sp³-hybridized carbons (Fsp3) is 0.500. The quantitative estimate of drug-likeness (QED) is 0.800. The second-order valence-corrected chi connectivity index (χ2v) is 5.46. The first-order valence-corrected chi connectivity index (χ1v) is 6.56. The Bertz CT molecular complexity index is 499. The smallest absolute Gasteiger partial charge is 0.193 e. The minimum atomic E-state index is 0.222. The van der Waals surface area contributed by atoms with Crippen molar-refractivity contribution in [1.29, 1.82) is 0 Å². The molecule has 0 spiro atoms. The summed E-state index contributed by atoms with van der Waals surface area (Å²) in [7, 11) is 0. The summed E-state index contributed by atoms with van der Waals surface area (Å²) in [5.41, 5.74) is 1.12. The molecule has 0 aliphatic heterocycles. The van der Waals surface area contributed by atoms with Crippen LogP contribution in [-0.2, 0) is 11.2 Å². The van der Waals surface area contributed by atoms with Crippen molar-refractivity contribution in [2.75, 3.05) is 0 Å². The van der Waals surface area contributed by atoms with Crippen molar-refractivity contribution in [3.05, 3.63) is 23.5 Å². The second-order valence-electron chi connectivity index (χ2n) is 4.58. The largest absolute Gasteiger partial charge is 0.299 e. The van der Waals surface area contributed by atoms with Crippen LogP contribution in [0, 0.1) is 11.8 Å². The summed E-state index contributed by atoms with van der Waals surface area (Å²) in [6, 6.07) is 0. The van der Waals surface area contributed by atoms with Gasteiger partial charge in [0.05, 0.1) is 5.69 Å². The van der Waals surface area contributed by atoms with Gasteiger partial charge in [0.1, 0.15) is 5.78 Å². The van der Waals surface area contributed by atoms with E-state index < -0.39 is 0 Å². The van der Waals surface area contributed by atoms with Crippen LogP contribution in [0.5, 0.6) is 0 Å². The first-order valence-electron chi connectivity index (χ1n) is 5.68. The summed E-state index contributed by atoms with van der Waals surface area (Å²) < 4.78 is 2.06. The maximum Gasteiger partial charge on any atom is 0.193 e. The van der Waals surface area contributed by atoms with Crippen molar-refractivity contribution in [1.82, 2.24) is 9.38 Å². The fourth-order valence-corrected chi connectivity index (χ4v) is 3.21. The number of imidazole rings is 1. The first kappa shape index (κ1) is 10.0. The third-order valence-electron chi connectivity index (χ3n) is 3.59. The summed E-state index contributed by atoms with van der Waals surface area (Å²) in [6.45, 7) is 2.05. The minimum absolute atomic E-state index is 0.222. The number of hydrogen-bond acceptors (Lipinski definition) is 3. The van der Waals surface area contributed by atoms with Crippen molar-refractivity contribution >= 4 is 22.1 Å². The molecule has 3 rings (SSSR count). The number of carbonyl (C=O) groups is 1. The molecule has 2 aromatic heterocycles. The maximum absolute atomic E-state index is 11.5. The van der Waals surface area contributed by atoms with Crippen LogP contribution in [0.3, 0.4) is 0 Å². The number of nitrogens with zero attached hydrogens (tertiary/aromatic N) is 2. The zero-order chi connectivity index (χ0) is 11.1. The summed E-state index contributed by atoms with van der Waals surface area (Å²) in [5, 5.41) is 2.04. The molecule has 1 fully saturated rings. The lowest BCUT2D eigenvalue weighted by molar-refractivity contribution is -0.120. The number of carbonyl (C=O) groups excluding carboxylic acids is 1. The Morgan fingerprint density at radius 2 is 2.50 bits per heavy atom. The molecule has 2 heterocycles. The van der Waals surface area contributed by atoms with Gasteiger partial charge in [-0.2, -0.15) is 0 Å². The van der Waals surface area contributed by atoms with Crippen molar-refractivity contribution in [2.24, 2.45) is 11.8 Å². The summed E-state index contributed by atoms with van der Waals surface area (Å²) in [6.07, 6.45) is 6.85. The number of aromatic nitrogens is 2. The highest BCUT2D eigenvalue weighted by molar-refractivity contribution is 7.15. The molecule has 0 N–H and O–H groups in total. The third kappa shape index (κ3) is 1.57. The zero-order valence-corrected chi connectivity index (χ0v) is 10.0. The Morgan fingerprint density at radius 1 is 1.62 bits per heavy atom. The highest BCUT2D eigenvalue weighted by Crippen LogP contribution is 2.31. The molecule has 2 atom stereocenters. The van der Waals surface area contributed by atoms with Crippen LogP contribution in [0.15, 0.2) is 17.8 Å². The Hall–Kier alpha value is -1.16. The van der Waals surface area contributed by atoms with E-state index >= 15 is 0 Å². The monoisotopic (exact) mass is 234 g/mol. The molecule has 0 radical (unpaired) electrons. The lowest BCUT2D eigenvalue weighted by Crippen LogP contribution is -2.12. The van der Waals surface area contributed by atoms with E-state index in [1.165, 1.54) is 0 Å². The summed E-state index contributed by atoms with van der Waals surface area (Å²) in [5.74, 6) is 1.14. The third-order valence-corrected chi connectivity index (χ3v) is 4.36. The molecule has 0 aromatic carbocycles. The molecule has 84 valence electrons. The SMILES string of the molecule is CC1C(=O)CCC1Cc1cn2ccsc2n1. The fourth-order valence-electron chi connectivity index (χ4n) is 2.49. The van der Waals surface area contributed by atoms with Gasteiger partial charge in [-0.25, -0.2) is 4.98 Å². The van der Waals surface area contributed by atoms with Crippen molar-refractivity contribution < 1.29 is 4.79 Å². The Morgan fingerprint density at radius 3 is 3.19 bits per heavy atom. The number of Topliss-reactive ketones (excluding diaryl/α,β-unsaturated/α-hetero) is 1. The van der Waals surface area contributed by atoms with Crippen LogP contribution < -0.4 is 0 Å². The standard InChI is InChI=1S/C12H14N2OS/c1-8-9(2-3-11(8)15)6-10-7-14-4-5-16-12(14)13-10/h4-5,7-9H,2-3,6H2,1H3. The van der Waals surface area contributed by atoms with Gasteiger partial charge in [0.15, 0.2) is 4.96 Å². The Kier molecular flexibility index (Phi) is 2.32. The molecule has 0 amide bonds. The topological polar surface area (TPSA) is 34.4 Å². The number of hydrogen-bond donors (Lipinski definition) is 0. The zero-order valence-electron chi connectivity index (χ0n) is 9.22. The van der Waals surface area contributed by atoms with Gasteiger partial charge in [0.2, 0.25) is 0 Å². The van der Waals surface area contributed by atoms with Crippen molar-refractivity contribution in [3.8, 4) is 0 Å². The van der Waals surface area contributed by atoms with E-state index in [2.05, 4.69) is 22.5 Å². The van der Waals surface area contributed by atoms with Crippen molar-refractivity contribution in [3.63, 3.8) is 0 Å². The maximum atomic E-state index is 11.5. The van der Waals surface area contributed by atoms with Gasteiger partial charge >= 0.3 is 0 Å². The molecule has 3 nitrogen and oxygen atoms in total. The van der Waals surface area contributed by atoms with Gasteiger partial charge in [-0.05, 0) is 18.8 Å². The molecule has 1 saturated carbocycles. The van der Waals surface area contributed by atoms with E-state index in [4.69, 9.17) is 0 Å². The van der Waals surface area contributed by atoms with E-state index in [1.807, 2.05) is 11.6 Å². The minimum Gasteiger partial charge on any atom is -0.299 e. The van der Waals surface area contributed by atoms with Crippen LogP contribution in [0.4, 0.5) is 0 Å². The van der Waals surface area contributed by atoms with E-state index in [-0.39, 0.29) is 5.92 Å². The Balaban J connectivity index is 1.80. The average molecular weight is 234 g/mol. The van der Waals surface area contributed by atoms with Gasteiger partial charge in [-0.1, -0.05) is 6.92 Å². The average Bonchev–Trinajstić information content (AvgIpc) is 2.88. The predicted octanol–water partition coefficient (Wildman–Crippen LogP) is 2.55. The molecule has 0 bridgehead atoms. The van der Waals surface area contributed by atoms with Gasteiger partial charge in [-0.15, -0.1) is 11.3 Å². The number of rotatable bonds is 2. The highest BCUT2D eigenvalue weighted by atomic mass is 32.1. The molecule has 4 heteroatoms. The molecule has 16 heavy (non-hydrogen) atoms. The summed E-state index contributed by atoms with van der Waals surface area (Å²) in [4.78, 5) is 17.1. The van der Waals surface area contributed by atoms with E-state index in [9.17, 15) is 4.79 Å². The van der Waals surface area contributed by atoms with Gasteiger partial charge in [0, 0.05) is 30.1 Å². The molecule has 1 aliphatic rings. The molecule has 2 aromatic rings. The normalized spacial score (nSPS) is 25.7. The van der Waals surface area contributed by atoms with Crippen molar-refractivity contribution in [2.45, 2.75) is 26.2 Å². The van der Waals surface area contributed by atoms with Gasteiger partial charge in [0.25, 0.3) is 0 Å². The van der Waals surface area contributed by atoms with Crippen LogP contribution in [-0.4, -0.2) is 15.2 Å². The molecule has 2 unspecified atom stereocenters. The van der Waals surface area contributed by atoms with Crippen LogP contribution in [0.25, 0.3) is 4.96 Å². The molecule has 0 saturated heterocycles. The highest BCUT2D eigenvalue weighted by Gasteiger charge is 2.31. The van der Waals surface area contributed by atoms with Gasteiger partial charge in [-0.3, -0.25) is 9.20 Å². The first-order chi connectivity index (χ1) is 7.74. The van der Waals surface area contributed by atoms with E-state index in [0.717, 1.165) is 29.9 Å². The number of fused-ring (bicyclic) bond motifs is 1. The summed E-state index contributed by atoms with van der Waals surface area (Å²) >= 11 is 1.65. The Labute approximate surface area is 98.1 Å². The van der Waals surface area contributed by atoms with E-state index in [0.29, 0.717) is 11.7 Å². The van der Waals surface area contributed by atoms with Gasteiger partial charge < -0.3 is 0 Å².